The number of amides is 2. The molecule has 0 aliphatic heterocycles. The van der Waals surface area contributed by atoms with Gasteiger partial charge in [0.05, 0.1) is 5.75 Å². The van der Waals surface area contributed by atoms with Gasteiger partial charge in [-0.2, -0.15) is 0 Å². The summed E-state index contributed by atoms with van der Waals surface area (Å²) in [4.78, 5) is 23.4. The van der Waals surface area contributed by atoms with Gasteiger partial charge < -0.3 is 10.6 Å². The Labute approximate surface area is 179 Å². The van der Waals surface area contributed by atoms with E-state index in [9.17, 15) is 9.59 Å². The highest BCUT2D eigenvalue weighted by Crippen LogP contribution is 2.25. The van der Waals surface area contributed by atoms with Crippen molar-refractivity contribution in [3.8, 4) is 11.4 Å². The second-order valence-electron chi connectivity index (χ2n) is 6.67. The van der Waals surface area contributed by atoms with Crippen LogP contribution in [0.2, 0.25) is 0 Å². The number of hydrogen-bond acceptors (Lipinski definition) is 5. The monoisotopic (exact) mass is 421 g/mol. The fraction of sp³-hybridized carbons (Fsp3) is 0.182. The molecule has 1 heterocycles. The molecule has 154 valence electrons. The predicted octanol–water partition coefficient (Wildman–Crippen LogP) is 4.13. The molecule has 0 atom stereocenters. The smallest absolute Gasteiger partial charge is 0.234 e. The molecule has 3 rings (SSSR count). The Balaban J connectivity index is 1.65. The molecule has 3 aromatic rings. The zero-order valence-electron chi connectivity index (χ0n) is 16.9. The Morgan fingerprint density at radius 2 is 1.80 bits per heavy atom. The number of nitrogens with zero attached hydrogens (tertiary/aromatic N) is 3. The minimum absolute atomic E-state index is 0.142. The number of carbonyl (C=O) groups is 2. The molecule has 7 nitrogen and oxygen atoms in total. The highest BCUT2D eigenvalue weighted by Gasteiger charge is 2.15. The number of aryl methyl sites for hydroxylation is 1. The molecule has 1 aromatic heterocycles. The third kappa shape index (κ3) is 5.57. The molecule has 0 fully saturated rings. The van der Waals surface area contributed by atoms with Gasteiger partial charge in [0.2, 0.25) is 11.8 Å². The highest BCUT2D eigenvalue weighted by molar-refractivity contribution is 7.99. The van der Waals surface area contributed by atoms with Crippen molar-refractivity contribution in [3.05, 3.63) is 66.7 Å². The van der Waals surface area contributed by atoms with Gasteiger partial charge >= 0.3 is 0 Å². The molecular formula is C22H23N5O2S. The number of rotatable bonds is 8. The molecule has 0 unspecified atom stereocenters. The summed E-state index contributed by atoms with van der Waals surface area (Å²) < 4.78 is 1.95. The molecule has 0 radical (unpaired) electrons. The van der Waals surface area contributed by atoms with Crippen molar-refractivity contribution in [3.63, 3.8) is 0 Å². The summed E-state index contributed by atoms with van der Waals surface area (Å²) in [5.74, 6) is 0.640. The van der Waals surface area contributed by atoms with Crippen LogP contribution >= 0.6 is 11.8 Å². The van der Waals surface area contributed by atoms with Crippen LogP contribution in [0, 0.1) is 6.92 Å². The summed E-state index contributed by atoms with van der Waals surface area (Å²) >= 11 is 1.32. The summed E-state index contributed by atoms with van der Waals surface area (Å²) in [5, 5.41) is 14.8. The molecule has 0 bridgehead atoms. The van der Waals surface area contributed by atoms with Crippen molar-refractivity contribution in [2.24, 2.45) is 0 Å². The first-order chi connectivity index (χ1) is 14.5. The average Bonchev–Trinajstić information content (AvgIpc) is 3.10. The molecule has 0 saturated carbocycles. The fourth-order valence-electron chi connectivity index (χ4n) is 2.85. The van der Waals surface area contributed by atoms with Gasteiger partial charge in [-0.05, 0) is 37.3 Å². The fourth-order valence-corrected chi connectivity index (χ4v) is 3.60. The van der Waals surface area contributed by atoms with Gasteiger partial charge in [-0.3, -0.25) is 14.2 Å². The summed E-state index contributed by atoms with van der Waals surface area (Å²) in [6, 6.07) is 15.0. The lowest BCUT2D eigenvalue weighted by molar-refractivity contribution is -0.114. The Hall–Kier alpha value is -3.39. The van der Waals surface area contributed by atoms with E-state index in [1.807, 2.05) is 29.7 Å². The van der Waals surface area contributed by atoms with Gasteiger partial charge in [0.1, 0.15) is 0 Å². The van der Waals surface area contributed by atoms with E-state index in [0.29, 0.717) is 23.1 Å². The quantitative estimate of drug-likeness (QED) is 0.422. The van der Waals surface area contributed by atoms with Crippen LogP contribution in [0.4, 0.5) is 11.4 Å². The molecule has 2 N–H and O–H groups in total. The molecule has 0 spiro atoms. The van der Waals surface area contributed by atoms with Crippen molar-refractivity contribution < 1.29 is 9.59 Å². The van der Waals surface area contributed by atoms with Crippen LogP contribution in [0.25, 0.3) is 11.4 Å². The van der Waals surface area contributed by atoms with E-state index in [2.05, 4.69) is 33.5 Å². The van der Waals surface area contributed by atoms with Crippen LogP contribution < -0.4 is 10.6 Å². The van der Waals surface area contributed by atoms with E-state index in [1.165, 1.54) is 18.7 Å². The number of benzene rings is 2. The molecular weight excluding hydrogens is 398 g/mol. The molecule has 2 amide bonds. The maximum absolute atomic E-state index is 12.4. The van der Waals surface area contributed by atoms with Crippen LogP contribution in [0.3, 0.4) is 0 Å². The third-order valence-electron chi connectivity index (χ3n) is 4.13. The van der Waals surface area contributed by atoms with E-state index < -0.39 is 0 Å². The minimum atomic E-state index is -0.155. The number of carbonyl (C=O) groups excluding carboxylic acids is 2. The van der Waals surface area contributed by atoms with E-state index in [4.69, 9.17) is 0 Å². The SMILES string of the molecule is C=CCn1c(SCC(=O)Nc2ccc(NC(C)=O)cc2)nnc1-c1cccc(C)c1. The van der Waals surface area contributed by atoms with Gasteiger partial charge in [0, 0.05) is 30.4 Å². The lowest BCUT2D eigenvalue weighted by atomic mass is 10.1. The van der Waals surface area contributed by atoms with Gasteiger partial charge in [-0.15, -0.1) is 16.8 Å². The number of allylic oxidation sites excluding steroid dienone is 1. The minimum Gasteiger partial charge on any atom is -0.326 e. The van der Waals surface area contributed by atoms with Crippen molar-refractivity contribution >= 4 is 35.0 Å². The summed E-state index contributed by atoms with van der Waals surface area (Å²) in [5.41, 5.74) is 3.44. The van der Waals surface area contributed by atoms with Crippen LogP contribution in [0.1, 0.15) is 12.5 Å². The second-order valence-corrected chi connectivity index (χ2v) is 7.61. The van der Waals surface area contributed by atoms with E-state index in [0.717, 1.165) is 17.0 Å². The molecule has 0 aliphatic rings. The standard InChI is InChI=1S/C22H23N5O2S/c1-4-12-27-21(17-7-5-6-15(2)13-17)25-26-22(27)30-14-20(29)24-19-10-8-18(9-11-19)23-16(3)28/h4-11,13H,1,12,14H2,2-3H3,(H,23,28)(H,24,29). The van der Waals surface area contributed by atoms with Crippen LogP contribution in [-0.4, -0.2) is 32.3 Å². The van der Waals surface area contributed by atoms with Gasteiger partial charge in [0.15, 0.2) is 11.0 Å². The zero-order valence-corrected chi connectivity index (χ0v) is 17.7. The largest absolute Gasteiger partial charge is 0.326 e. The number of anilines is 2. The highest BCUT2D eigenvalue weighted by atomic mass is 32.2. The van der Waals surface area contributed by atoms with Gasteiger partial charge in [0.25, 0.3) is 0 Å². The Bertz CT molecular complexity index is 1060. The van der Waals surface area contributed by atoms with E-state index in [-0.39, 0.29) is 17.6 Å². The lowest BCUT2D eigenvalue weighted by Gasteiger charge is -2.09. The van der Waals surface area contributed by atoms with Crippen LogP contribution in [0.5, 0.6) is 0 Å². The van der Waals surface area contributed by atoms with E-state index in [1.54, 1.807) is 30.3 Å². The normalized spacial score (nSPS) is 10.5. The van der Waals surface area contributed by atoms with Crippen molar-refractivity contribution in [1.82, 2.24) is 14.8 Å². The molecule has 8 heteroatoms. The average molecular weight is 422 g/mol. The second kappa shape index (κ2) is 9.89. The van der Waals surface area contributed by atoms with Crippen LogP contribution in [-0.2, 0) is 16.1 Å². The topological polar surface area (TPSA) is 88.9 Å². The summed E-state index contributed by atoms with van der Waals surface area (Å²) in [6.45, 7) is 7.84. The maximum atomic E-state index is 12.4. The first-order valence-corrected chi connectivity index (χ1v) is 10.4. The lowest BCUT2D eigenvalue weighted by Crippen LogP contribution is -2.15. The van der Waals surface area contributed by atoms with Gasteiger partial charge in [-0.1, -0.05) is 41.6 Å². The number of thioether (sulfide) groups is 1. The van der Waals surface area contributed by atoms with Crippen molar-refractivity contribution in [1.29, 1.82) is 0 Å². The first-order valence-electron chi connectivity index (χ1n) is 9.37. The molecule has 30 heavy (non-hydrogen) atoms. The zero-order chi connectivity index (χ0) is 21.5. The molecule has 0 saturated heterocycles. The molecule has 2 aromatic carbocycles. The Kier molecular flexibility index (Phi) is 7.03. The number of nitrogens with one attached hydrogen (secondary N) is 2. The van der Waals surface area contributed by atoms with Crippen molar-refractivity contribution in [2.75, 3.05) is 16.4 Å². The number of hydrogen-bond donors (Lipinski definition) is 2. The summed E-state index contributed by atoms with van der Waals surface area (Å²) in [7, 11) is 0. The van der Waals surface area contributed by atoms with Crippen LogP contribution in [0.15, 0.2) is 66.3 Å². The van der Waals surface area contributed by atoms with Gasteiger partial charge in [-0.25, -0.2) is 0 Å². The molecule has 0 aliphatic carbocycles. The third-order valence-corrected chi connectivity index (χ3v) is 5.09. The Morgan fingerprint density at radius 3 is 2.43 bits per heavy atom. The first kappa shape index (κ1) is 21.3. The Morgan fingerprint density at radius 1 is 1.10 bits per heavy atom. The number of aromatic nitrogens is 3. The summed E-state index contributed by atoms with van der Waals surface area (Å²) in [6.07, 6.45) is 1.78. The maximum Gasteiger partial charge on any atom is 0.234 e. The van der Waals surface area contributed by atoms with E-state index >= 15 is 0 Å². The predicted molar refractivity (Wildman–Crippen MR) is 120 cm³/mol. The van der Waals surface area contributed by atoms with Crippen molar-refractivity contribution in [2.45, 2.75) is 25.5 Å².